The van der Waals surface area contributed by atoms with Crippen LogP contribution < -0.4 is 0 Å². The van der Waals surface area contributed by atoms with E-state index in [0.717, 1.165) is 11.3 Å². The molecule has 0 atom stereocenters. The van der Waals surface area contributed by atoms with E-state index in [1.807, 2.05) is 25.1 Å². The van der Waals surface area contributed by atoms with Gasteiger partial charge in [0.05, 0.1) is 28.9 Å². The summed E-state index contributed by atoms with van der Waals surface area (Å²) in [4.78, 5) is 14.8. The van der Waals surface area contributed by atoms with Gasteiger partial charge in [-0.1, -0.05) is 37.3 Å². The molecule has 1 aliphatic heterocycles. The lowest BCUT2D eigenvalue weighted by Crippen LogP contribution is -2.50. The third-order valence-electron chi connectivity index (χ3n) is 5.62. The number of sulfonamides is 1. The number of amides is 1. The summed E-state index contributed by atoms with van der Waals surface area (Å²) in [6.45, 7) is 3.08. The fraction of sp³-hybridized carbons (Fsp3) is 0.304. The molecule has 32 heavy (non-hydrogen) atoms. The van der Waals surface area contributed by atoms with Crippen LogP contribution in [0.2, 0.25) is 0 Å². The van der Waals surface area contributed by atoms with E-state index in [-0.39, 0.29) is 30.6 Å². The SMILES string of the molecule is CCc1c(C(=O)N2CCN(S(=O)(=O)Cc3ccccc3)CC2)cnn1-c1ccc(F)cc1. The lowest BCUT2D eigenvalue weighted by Gasteiger charge is -2.34. The molecule has 0 N–H and O–H groups in total. The van der Waals surface area contributed by atoms with Crippen molar-refractivity contribution in [1.82, 2.24) is 19.0 Å². The standard InChI is InChI=1S/C23H25FN4O3S/c1-2-22-21(16-25-28(22)20-10-8-19(24)9-11-20)23(29)26-12-14-27(15-13-26)32(30,31)17-18-6-4-3-5-7-18/h3-11,16H,2,12-15,17H2,1H3. The zero-order valence-electron chi connectivity index (χ0n) is 17.8. The summed E-state index contributed by atoms with van der Waals surface area (Å²) in [6, 6.07) is 15.0. The lowest BCUT2D eigenvalue weighted by atomic mass is 10.1. The van der Waals surface area contributed by atoms with Gasteiger partial charge in [-0.2, -0.15) is 9.40 Å². The third kappa shape index (κ3) is 4.58. The van der Waals surface area contributed by atoms with E-state index in [4.69, 9.17) is 0 Å². The highest BCUT2D eigenvalue weighted by Gasteiger charge is 2.30. The molecule has 0 radical (unpaired) electrons. The van der Waals surface area contributed by atoms with Gasteiger partial charge < -0.3 is 4.90 Å². The van der Waals surface area contributed by atoms with Crippen molar-refractivity contribution in [3.8, 4) is 5.69 Å². The second-order valence-corrected chi connectivity index (χ2v) is 9.65. The predicted octanol–water partition coefficient (Wildman–Crippen LogP) is 2.86. The summed E-state index contributed by atoms with van der Waals surface area (Å²) in [6.07, 6.45) is 2.10. The van der Waals surface area contributed by atoms with Crippen LogP contribution in [0.5, 0.6) is 0 Å². The van der Waals surface area contributed by atoms with Gasteiger partial charge in [-0.25, -0.2) is 17.5 Å². The summed E-state index contributed by atoms with van der Waals surface area (Å²) in [7, 11) is -3.45. The first-order valence-electron chi connectivity index (χ1n) is 10.5. The Hall–Kier alpha value is -3.04. The maximum Gasteiger partial charge on any atom is 0.257 e. The molecule has 2 aromatic carbocycles. The van der Waals surface area contributed by atoms with Crippen molar-refractivity contribution in [3.63, 3.8) is 0 Å². The van der Waals surface area contributed by atoms with Crippen molar-refractivity contribution >= 4 is 15.9 Å². The zero-order valence-corrected chi connectivity index (χ0v) is 18.6. The number of carbonyl (C=O) groups excluding carboxylic acids is 1. The minimum absolute atomic E-state index is 0.0494. The Balaban J connectivity index is 1.45. The first-order valence-corrected chi connectivity index (χ1v) is 12.1. The molecule has 1 saturated heterocycles. The maximum atomic E-state index is 13.3. The van der Waals surface area contributed by atoms with Gasteiger partial charge in [0.2, 0.25) is 10.0 Å². The van der Waals surface area contributed by atoms with Crippen LogP contribution in [0.25, 0.3) is 5.69 Å². The van der Waals surface area contributed by atoms with Crippen LogP contribution in [-0.4, -0.2) is 59.5 Å². The fourth-order valence-electron chi connectivity index (χ4n) is 3.91. The number of aromatic nitrogens is 2. The summed E-state index contributed by atoms with van der Waals surface area (Å²) < 4.78 is 41.9. The van der Waals surface area contributed by atoms with Crippen LogP contribution >= 0.6 is 0 Å². The molecule has 0 bridgehead atoms. The Labute approximate surface area is 187 Å². The van der Waals surface area contributed by atoms with Gasteiger partial charge in [0.1, 0.15) is 5.82 Å². The molecule has 3 aromatic rings. The van der Waals surface area contributed by atoms with Crippen LogP contribution in [0.15, 0.2) is 60.8 Å². The van der Waals surface area contributed by atoms with E-state index in [1.54, 1.807) is 33.8 Å². The number of piperazine rings is 1. The van der Waals surface area contributed by atoms with Crippen molar-refractivity contribution in [2.45, 2.75) is 19.1 Å². The number of nitrogens with zero attached hydrogens (tertiary/aromatic N) is 4. The molecule has 4 rings (SSSR count). The Morgan fingerprint density at radius 1 is 1.00 bits per heavy atom. The molecule has 7 nitrogen and oxygen atoms in total. The molecule has 0 spiro atoms. The highest BCUT2D eigenvalue weighted by molar-refractivity contribution is 7.88. The highest BCUT2D eigenvalue weighted by Crippen LogP contribution is 2.20. The van der Waals surface area contributed by atoms with Gasteiger partial charge in [0, 0.05) is 26.2 Å². The Morgan fingerprint density at radius 2 is 1.66 bits per heavy atom. The summed E-state index contributed by atoms with van der Waals surface area (Å²) in [5, 5.41) is 4.34. The molecular weight excluding hydrogens is 431 g/mol. The summed E-state index contributed by atoms with van der Waals surface area (Å²) in [5.41, 5.74) is 2.64. The van der Waals surface area contributed by atoms with Crippen LogP contribution in [-0.2, 0) is 22.2 Å². The molecule has 168 valence electrons. The largest absolute Gasteiger partial charge is 0.336 e. The maximum absolute atomic E-state index is 13.3. The van der Waals surface area contributed by atoms with E-state index < -0.39 is 10.0 Å². The van der Waals surface area contributed by atoms with Gasteiger partial charge in [0.15, 0.2) is 0 Å². The van der Waals surface area contributed by atoms with Crippen LogP contribution in [0.3, 0.4) is 0 Å². The average molecular weight is 457 g/mol. The van der Waals surface area contributed by atoms with Gasteiger partial charge >= 0.3 is 0 Å². The van der Waals surface area contributed by atoms with Crippen molar-refractivity contribution in [2.24, 2.45) is 0 Å². The Bertz CT molecular complexity index is 1190. The predicted molar refractivity (Wildman–Crippen MR) is 119 cm³/mol. The quantitative estimate of drug-likeness (QED) is 0.572. The minimum atomic E-state index is -3.45. The van der Waals surface area contributed by atoms with Gasteiger partial charge in [0.25, 0.3) is 5.91 Å². The average Bonchev–Trinajstić information content (AvgIpc) is 3.23. The third-order valence-corrected chi connectivity index (χ3v) is 7.47. The second kappa shape index (κ2) is 9.22. The monoisotopic (exact) mass is 456 g/mol. The highest BCUT2D eigenvalue weighted by atomic mass is 32.2. The minimum Gasteiger partial charge on any atom is -0.336 e. The molecule has 9 heteroatoms. The Kier molecular flexibility index (Phi) is 6.38. The number of halogens is 1. The molecular formula is C23H25FN4O3S. The molecule has 2 heterocycles. The van der Waals surface area contributed by atoms with E-state index in [9.17, 15) is 17.6 Å². The zero-order chi connectivity index (χ0) is 22.7. The summed E-state index contributed by atoms with van der Waals surface area (Å²) >= 11 is 0. The molecule has 0 aliphatic carbocycles. The molecule has 1 fully saturated rings. The van der Waals surface area contributed by atoms with Crippen molar-refractivity contribution in [3.05, 3.63) is 83.4 Å². The van der Waals surface area contributed by atoms with Crippen LogP contribution in [0.1, 0.15) is 28.5 Å². The molecule has 1 aromatic heterocycles. The number of hydrogen-bond acceptors (Lipinski definition) is 4. The first kappa shape index (κ1) is 22.2. The van der Waals surface area contributed by atoms with Gasteiger partial charge in [-0.15, -0.1) is 0 Å². The molecule has 1 amide bonds. The van der Waals surface area contributed by atoms with E-state index in [1.165, 1.54) is 22.6 Å². The normalized spacial score (nSPS) is 15.1. The van der Waals surface area contributed by atoms with E-state index >= 15 is 0 Å². The fourth-order valence-corrected chi connectivity index (χ4v) is 5.43. The topological polar surface area (TPSA) is 75.5 Å². The van der Waals surface area contributed by atoms with E-state index in [2.05, 4.69) is 5.10 Å². The van der Waals surface area contributed by atoms with Crippen LogP contribution in [0, 0.1) is 5.82 Å². The number of carbonyl (C=O) groups is 1. The van der Waals surface area contributed by atoms with Crippen molar-refractivity contribution < 1.29 is 17.6 Å². The van der Waals surface area contributed by atoms with E-state index in [0.29, 0.717) is 30.8 Å². The first-order chi connectivity index (χ1) is 15.4. The smallest absolute Gasteiger partial charge is 0.257 e. The number of rotatable bonds is 6. The number of benzene rings is 2. The second-order valence-electron chi connectivity index (χ2n) is 7.68. The molecule has 1 aliphatic rings. The number of hydrogen-bond donors (Lipinski definition) is 0. The van der Waals surface area contributed by atoms with Crippen molar-refractivity contribution in [2.75, 3.05) is 26.2 Å². The van der Waals surface area contributed by atoms with Crippen molar-refractivity contribution in [1.29, 1.82) is 0 Å². The van der Waals surface area contributed by atoms with Gasteiger partial charge in [-0.05, 0) is 36.2 Å². The Morgan fingerprint density at radius 3 is 2.28 bits per heavy atom. The molecule has 0 unspecified atom stereocenters. The van der Waals surface area contributed by atoms with Gasteiger partial charge in [-0.3, -0.25) is 4.79 Å². The molecule has 0 saturated carbocycles. The van der Waals surface area contributed by atoms with Crippen LogP contribution in [0.4, 0.5) is 4.39 Å². The lowest BCUT2D eigenvalue weighted by molar-refractivity contribution is 0.0696. The summed E-state index contributed by atoms with van der Waals surface area (Å²) in [5.74, 6) is -0.558.